The molecule has 2 nitrogen and oxygen atoms in total. The van der Waals surface area contributed by atoms with Gasteiger partial charge in [0.25, 0.3) is 0 Å². The van der Waals surface area contributed by atoms with Crippen LogP contribution in [0.4, 0.5) is 0 Å². The van der Waals surface area contributed by atoms with Gasteiger partial charge < -0.3 is 0 Å². The molecule has 1 aliphatic carbocycles. The molecule has 226 valence electrons. The molecule has 0 saturated carbocycles. The first kappa shape index (κ1) is 31.2. The maximum atomic E-state index is 5.14. The first-order valence-electron chi connectivity index (χ1n) is 17.2. The van der Waals surface area contributed by atoms with Crippen molar-refractivity contribution in [2.24, 2.45) is 0 Å². The summed E-state index contributed by atoms with van der Waals surface area (Å²) in [6, 6.07) is 27.0. The van der Waals surface area contributed by atoms with Crippen molar-refractivity contribution in [1.82, 2.24) is 9.97 Å². The average Bonchev–Trinajstić information content (AvgIpc) is 3.29. The van der Waals surface area contributed by atoms with Crippen LogP contribution in [0.2, 0.25) is 0 Å². The summed E-state index contributed by atoms with van der Waals surface area (Å²) in [5, 5.41) is 0. The highest BCUT2D eigenvalue weighted by Gasteiger charge is 2.42. The lowest BCUT2D eigenvalue weighted by Crippen LogP contribution is -2.25. The quantitative estimate of drug-likeness (QED) is 0.125. The summed E-state index contributed by atoms with van der Waals surface area (Å²) in [5.41, 5.74) is 12.6. The fourth-order valence-corrected chi connectivity index (χ4v) is 7.27. The van der Waals surface area contributed by atoms with Gasteiger partial charge in [0.1, 0.15) is 0 Å². The van der Waals surface area contributed by atoms with E-state index in [0.717, 1.165) is 22.8 Å². The molecule has 0 atom stereocenters. The Bertz CT molecular complexity index is 1470. The molecule has 2 heteroatoms. The van der Waals surface area contributed by atoms with Crippen LogP contribution in [-0.4, -0.2) is 9.97 Å². The molecule has 0 fully saturated rings. The molecule has 2 heterocycles. The Balaban J connectivity index is 1.52. The summed E-state index contributed by atoms with van der Waals surface area (Å²) < 4.78 is 0. The third-order valence-electron chi connectivity index (χ3n) is 9.63. The number of benzene rings is 2. The lowest BCUT2D eigenvalue weighted by atomic mass is 9.70. The van der Waals surface area contributed by atoms with Gasteiger partial charge in [-0.3, -0.25) is 4.98 Å². The number of fused-ring (bicyclic) bond motifs is 3. The van der Waals surface area contributed by atoms with Gasteiger partial charge in [-0.25, -0.2) is 4.98 Å². The molecule has 0 unspecified atom stereocenters. The van der Waals surface area contributed by atoms with Crippen LogP contribution in [0, 0.1) is 13.8 Å². The predicted octanol–water partition coefficient (Wildman–Crippen LogP) is 12.2. The van der Waals surface area contributed by atoms with Crippen molar-refractivity contribution in [3.63, 3.8) is 0 Å². The molecule has 2 aromatic heterocycles. The average molecular weight is 573 g/mol. The van der Waals surface area contributed by atoms with Gasteiger partial charge in [-0.15, -0.1) is 0 Å². The number of unbranched alkanes of at least 4 members (excludes halogenated alkanes) is 10. The van der Waals surface area contributed by atoms with Crippen LogP contribution < -0.4 is 0 Å². The fraction of sp³-hybridized carbons (Fsp3) is 0.463. The van der Waals surface area contributed by atoms with E-state index in [4.69, 9.17) is 9.97 Å². The van der Waals surface area contributed by atoms with Crippen molar-refractivity contribution < 1.29 is 0 Å². The number of aromatic nitrogens is 2. The SMILES string of the molecule is CCCCCCCCC1(CCCCCCCC)c2cc(C)ccc2-c2ccc(-c3cccc(-c4cccc(C)n4)n3)cc21. The van der Waals surface area contributed by atoms with Crippen LogP contribution in [0.1, 0.15) is 126 Å². The molecule has 1 aliphatic rings. The highest BCUT2D eigenvalue weighted by Crippen LogP contribution is 2.55. The van der Waals surface area contributed by atoms with E-state index in [1.54, 1.807) is 5.56 Å². The Labute approximate surface area is 261 Å². The summed E-state index contributed by atoms with van der Waals surface area (Å²) in [4.78, 5) is 9.89. The highest BCUT2D eigenvalue weighted by molar-refractivity contribution is 5.84. The van der Waals surface area contributed by atoms with E-state index in [2.05, 4.69) is 87.5 Å². The van der Waals surface area contributed by atoms with E-state index in [0.29, 0.717) is 0 Å². The Morgan fingerprint density at radius 3 is 1.70 bits per heavy atom. The summed E-state index contributed by atoms with van der Waals surface area (Å²) in [5.74, 6) is 0. The molecule has 0 radical (unpaired) electrons. The van der Waals surface area contributed by atoms with Crippen molar-refractivity contribution >= 4 is 0 Å². The smallest absolute Gasteiger partial charge is 0.0893 e. The van der Waals surface area contributed by atoms with Crippen LogP contribution in [-0.2, 0) is 5.41 Å². The fourth-order valence-electron chi connectivity index (χ4n) is 7.27. The van der Waals surface area contributed by atoms with E-state index in [9.17, 15) is 0 Å². The molecular formula is C41H52N2. The maximum Gasteiger partial charge on any atom is 0.0893 e. The maximum absolute atomic E-state index is 5.14. The molecule has 4 aromatic rings. The summed E-state index contributed by atoms with van der Waals surface area (Å²) >= 11 is 0. The minimum absolute atomic E-state index is 0.0813. The van der Waals surface area contributed by atoms with Crippen molar-refractivity contribution in [2.45, 2.75) is 123 Å². The number of hydrogen-bond donors (Lipinski definition) is 0. The monoisotopic (exact) mass is 572 g/mol. The molecule has 0 bridgehead atoms. The van der Waals surface area contributed by atoms with Gasteiger partial charge in [0.2, 0.25) is 0 Å². The van der Waals surface area contributed by atoms with Crippen LogP contribution in [0.25, 0.3) is 33.8 Å². The van der Waals surface area contributed by atoms with Crippen LogP contribution in [0.15, 0.2) is 72.8 Å². The van der Waals surface area contributed by atoms with Crippen molar-refractivity contribution in [3.05, 3.63) is 95.2 Å². The Morgan fingerprint density at radius 2 is 1.05 bits per heavy atom. The number of hydrogen-bond acceptors (Lipinski definition) is 2. The summed E-state index contributed by atoms with van der Waals surface area (Å²) in [6.45, 7) is 8.93. The number of rotatable bonds is 16. The minimum Gasteiger partial charge on any atom is -0.251 e. The lowest BCUT2D eigenvalue weighted by molar-refractivity contribution is 0.398. The second kappa shape index (κ2) is 15.0. The Morgan fingerprint density at radius 1 is 0.512 bits per heavy atom. The first-order chi connectivity index (χ1) is 21.1. The number of aryl methyl sites for hydroxylation is 2. The minimum atomic E-state index is 0.0813. The predicted molar refractivity (Wildman–Crippen MR) is 185 cm³/mol. The summed E-state index contributed by atoms with van der Waals surface area (Å²) in [7, 11) is 0. The van der Waals surface area contributed by atoms with Gasteiger partial charge >= 0.3 is 0 Å². The van der Waals surface area contributed by atoms with Gasteiger partial charge in [-0.1, -0.05) is 139 Å². The molecule has 2 aromatic carbocycles. The zero-order chi connectivity index (χ0) is 30.1. The number of pyridine rings is 2. The zero-order valence-corrected chi connectivity index (χ0v) is 27.2. The topological polar surface area (TPSA) is 25.8 Å². The highest BCUT2D eigenvalue weighted by atomic mass is 14.8. The normalized spacial score (nSPS) is 13.2. The second-order valence-corrected chi connectivity index (χ2v) is 13.0. The zero-order valence-electron chi connectivity index (χ0n) is 27.2. The van der Waals surface area contributed by atoms with Crippen molar-refractivity contribution in [2.75, 3.05) is 0 Å². The first-order valence-corrected chi connectivity index (χ1v) is 17.2. The van der Waals surface area contributed by atoms with E-state index in [-0.39, 0.29) is 5.41 Å². The molecule has 0 aliphatic heterocycles. The van der Waals surface area contributed by atoms with Gasteiger partial charge in [0.15, 0.2) is 0 Å². The standard InChI is InChI=1S/C41H52N2/c1-5-7-9-11-13-15-27-41(28-16-14-12-10-8-6-2)36-29-31(3)23-25-34(36)35-26-24-33(30-37(35)41)38-20-18-22-40(43-38)39-21-17-19-32(4)42-39/h17-26,29-30H,5-16,27-28H2,1-4H3. The molecule has 0 amide bonds. The second-order valence-electron chi connectivity index (χ2n) is 13.0. The molecular weight excluding hydrogens is 520 g/mol. The largest absolute Gasteiger partial charge is 0.251 e. The summed E-state index contributed by atoms with van der Waals surface area (Å²) in [6.07, 6.45) is 18.5. The van der Waals surface area contributed by atoms with Gasteiger partial charge in [-0.05, 0) is 79.3 Å². The van der Waals surface area contributed by atoms with Crippen LogP contribution in [0.3, 0.4) is 0 Å². The Hall–Kier alpha value is -3.26. The molecule has 0 N–H and O–H groups in total. The third kappa shape index (κ3) is 7.28. The molecule has 0 saturated heterocycles. The van der Waals surface area contributed by atoms with Crippen LogP contribution >= 0.6 is 0 Å². The Kier molecular flexibility index (Phi) is 10.8. The van der Waals surface area contributed by atoms with Gasteiger partial charge in [0.05, 0.1) is 17.1 Å². The third-order valence-corrected chi connectivity index (χ3v) is 9.63. The van der Waals surface area contributed by atoms with Gasteiger partial charge in [-0.2, -0.15) is 0 Å². The lowest BCUT2D eigenvalue weighted by Gasteiger charge is -2.33. The van der Waals surface area contributed by atoms with Crippen LogP contribution in [0.5, 0.6) is 0 Å². The molecule has 43 heavy (non-hydrogen) atoms. The van der Waals surface area contributed by atoms with Crippen molar-refractivity contribution in [3.8, 4) is 33.8 Å². The number of nitrogens with zero attached hydrogens (tertiary/aromatic N) is 2. The van der Waals surface area contributed by atoms with E-state index >= 15 is 0 Å². The van der Waals surface area contributed by atoms with E-state index in [1.807, 2.05) is 13.0 Å². The van der Waals surface area contributed by atoms with Gasteiger partial charge in [0, 0.05) is 16.7 Å². The molecule has 5 rings (SSSR count). The van der Waals surface area contributed by atoms with Crippen molar-refractivity contribution in [1.29, 1.82) is 0 Å². The molecule has 0 spiro atoms. The van der Waals surface area contributed by atoms with E-state index < -0.39 is 0 Å². The van der Waals surface area contributed by atoms with E-state index in [1.165, 1.54) is 118 Å².